The maximum Gasteiger partial charge on any atom is 0.245 e. The molecular formula is C18H18ClF3O. The van der Waals surface area contributed by atoms with Gasteiger partial charge in [-0.1, -0.05) is 43.6 Å². The molecule has 0 aliphatic rings. The van der Waals surface area contributed by atoms with Crippen molar-refractivity contribution >= 4 is 11.6 Å². The van der Waals surface area contributed by atoms with Gasteiger partial charge in [0.05, 0.1) is 5.02 Å². The first-order valence-electron chi connectivity index (χ1n) is 7.34. The summed E-state index contributed by atoms with van der Waals surface area (Å²) in [6.07, 6.45) is -2.42. The second kappa shape index (κ2) is 7.73. The average Bonchev–Trinajstić information content (AvgIpc) is 2.47. The molecule has 1 atom stereocenters. The third kappa shape index (κ3) is 4.41. The molecule has 1 nitrogen and oxygen atoms in total. The summed E-state index contributed by atoms with van der Waals surface area (Å²) in [7, 11) is 0. The summed E-state index contributed by atoms with van der Waals surface area (Å²) in [5, 5.41) is 0.291. The van der Waals surface area contributed by atoms with Crippen LogP contribution in [0.15, 0.2) is 42.5 Å². The van der Waals surface area contributed by atoms with E-state index in [2.05, 4.69) is 0 Å². The molecule has 0 saturated carbocycles. The number of hydrogen-bond acceptors (Lipinski definition) is 1. The SMILES string of the molecule is CC(C)C(c1ccc(OCc2c(F)cccc2Cl)cc1)C(F)F. The van der Waals surface area contributed by atoms with Crippen molar-refractivity contribution in [3.63, 3.8) is 0 Å². The average molecular weight is 343 g/mol. The van der Waals surface area contributed by atoms with Crippen LogP contribution in [0.4, 0.5) is 13.2 Å². The number of halogens is 4. The van der Waals surface area contributed by atoms with Crippen LogP contribution in [-0.4, -0.2) is 6.43 Å². The van der Waals surface area contributed by atoms with E-state index in [0.717, 1.165) is 0 Å². The van der Waals surface area contributed by atoms with Gasteiger partial charge in [-0.25, -0.2) is 13.2 Å². The van der Waals surface area contributed by atoms with Crippen molar-refractivity contribution in [2.75, 3.05) is 0 Å². The first kappa shape index (κ1) is 17.7. The largest absolute Gasteiger partial charge is 0.489 e. The van der Waals surface area contributed by atoms with Crippen molar-refractivity contribution in [3.8, 4) is 5.75 Å². The van der Waals surface area contributed by atoms with E-state index in [4.69, 9.17) is 16.3 Å². The zero-order valence-corrected chi connectivity index (χ0v) is 13.7. The molecule has 0 bridgehead atoms. The van der Waals surface area contributed by atoms with Crippen LogP contribution in [-0.2, 0) is 6.61 Å². The highest BCUT2D eigenvalue weighted by Crippen LogP contribution is 2.32. The first-order valence-corrected chi connectivity index (χ1v) is 7.71. The second-order valence-electron chi connectivity index (χ2n) is 5.66. The summed E-state index contributed by atoms with van der Waals surface area (Å²) in [5.41, 5.74) is 0.831. The van der Waals surface area contributed by atoms with E-state index in [-0.39, 0.29) is 18.1 Å². The Kier molecular flexibility index (Phi) is 5.94. The molecule has 0 radical (unpaired) electrons. The Morgan fingerprint density at radius 1 is 1.04 bits per heavy atom. The molecule has 0 amide bonds. The third-order valence-electron chi connectivity index (χ3n) is 3.70. The molecule has 1 unspecified atom stereocenters. The molecule has 0 spiro atoms. The van der Waals surface area contributed by atoms with Crippen LogP contribution in [0.1, 0.15) is 30.9 Å². The molecule has 5 heteroatoms. The van der Waals surface area contributed by atoms with E-state index in [1.54, 1.807) is 44.2 Å². The predicted molar refractivity (Wildman–Crippen MR) is 85.8 cm³/mol. The molecule has 0 fully saturated rings. The van der Waals surface area contributed by atoms with Crippen LogP contribution >= 0.6 is 11.6 Å². The summed E-state index contributed by atoms with van der Waals surface area (Å²) in [6, 6.07) is 10.9. The lowest BCUT2D eigenvalue weighted by Crippen LogP contribution is -2.15. The molecule has 0 N–H and O–H groups in total. The number of hydrogen-bond donors (Lipinski definition) is 0. The van der Waals surface area contributed by atoms with Gasteiger partial charge in [0.15, 0.2) is 0 Å². The Labute approximate surface area is 139 Å². The number of ether oxygens (including phenoxy) is 1. The number of rotatable bonds is 6. The molecule has 0 saturated heterocycles. The Balaban J connectivity index is 2.08. The van der Waals surface area contributed by atoms with E-state index >= 15 is 0 Å². The number of benzene rings is 2. The summed E-state index contributed by atoms with van der Waals surface area (Å²) >= 11 is 5.93. The van der Waals surface area contributed by atoms with Gasteiger partial charge < -0.3 is 4.74 Å². The van der Waals surface area contributed by atoms with Crippen molar-refractivity contribution < 1.29 is 17.9 Å². The molecule has 0 aromatic heterocycles. The molecular weight excluding hydrogens is 325 g/mol. The van der Waals surface area contributed by atoms with Crippen LogP contribution in [0.25, 0.3) is 0 Å². The van der Waals surface area contributed by atoms with E-state index in [0.29, 0.717) is 16.3 Å². The van der Waals surface area contributed by atoms with Gasteiger partial charge in [0.25, 0.3) is 0 Å². The van der Waals surface area contributed by atoms with Gasteiger partial charge in [-0.2, -0.15) is 0 Å². The van der Waals surface area contributed by atoms with E-state index in [1.165, 1.54) is 12.1 Å². The molecule has 0 aliphatic carbocycles. The minimum atomic E-state index is -2.42. The fourth-order valence-electron chi connectivity index (χ4n) is 2.43. The van der Waals surface area contributed by atoms with Gasteiger partial charge in [0.2, 0.25) is 6.43 Å². The van der Waals surface area contributed by atoms with Crippen molar-refractivity contribution in [2.45, 2.75) is 32.8 Å². The summed E-state index contributed by atoms with van der Waals surface area (Å²) in [6.45, 7) is 3.51. The monoisotopic (exact) mass is 342 g/mol. The zero-order chi connectivity index (χ0) is 17.0. The van der Waals surface area contributed by atoms with Crippen molar-refractivity contribution in [3.05, 3.63) is 64.4 Å². The highest BCUT2D eigenvalue weighted by molar-refractivity contribution is 6.31. The lowest BCUT2D eigenvalue weighted by atomic mass is 9.89. The van der Waals surface area contributed by atoms with Crippen molar-refractivity contribution in [1.82, 2.24) is 0 Å². The van der Waals surface area contributed by atoms with Gasteiger partial charge >= 0.3 is 0 Å². The Hall–Kier alpha value is -1.68. The van der Waals surface area contributed by atoms with E-state index in [1.807, 2.05) is 0 Å². The fourth-order valence-corrected chi connectivity index (χ4v) is 2.65. The maximum absolute atomic E-state index is 13.7. The normalized spacial score (nSPS) is 12.7. The highest BCUT2D eigenvalue weighted by atomic mass is 35.5. The van der Waals surface area contributed by atoms with E-state index < -0.39 is 18.2 Å². The first-order chi connectivity index (χ1) is 10.9. The van der Waals surface area contributed by atoms with Crippen LogP contribution in [0.3, 0.4) is 0 Å². The fraction of sp³-hybridized carbons (Fsp3) is 0.333. The molecule has 0 heterocycles. The lowest BCUT2D eigenvalue weighted by molar-refractivity contribution is 0.0934. The van der Waals surface area contributed by atoms with Crippen LogP contribution in [0.5, 0.6) is 5.75 Å². The van der Waals surface area contributed by atoms with Gasteiger partial charge in [-0.15, -0.1) is 0 Å². The molecule has 2 aromatic carbocycles. The second-order valence-corrected chi connectivity index (χ2v) is 6.07. The molecule has 2 aromatic rings. The third-order valence-corrected chi connectivity index (χ3v) is 4.05. The van der Waals surface area contributed by atoms with Crippen LogP contribution < -0.4 is 4.74 Å². The Bertz CT molecular complexity index is 613. The summed E-state index contributed by atoms with van der Waals surface area (Å²) in [4.78, 5) is 0. The van der Waals surface area contributed by atoms with Gasteiger partial charge in [0, 0.05) is 11.5 Å². The standard InChI is InChI=1S/C18H18ClF3O/c1-11(2)17(18(21)22)12-6-8-13(9-7-12)23-10-14-15(19)4-3-5-16(14)20/h3-9,11,17-18H,10H2,1-2H3. The van der Waals surface area contributed by atoms with Crippen molar-refractivity contribution in [1.29, 1.82) is 0 Å². The summed E-state index contributed by atoms with van der Waals surface area (Å²) in [5.74, 6) is -0.944. The smallest absolute Gasteiger partial charge is 0.245 e. The molecule has 124 valence electrons. The zero-order valence-electron chi connectivity index (χ0n) is 12.9. The van der Waals surface area contributed by atoms with Gasteiger partial charge in [0.1, 0.15) is 18.2 Å². The summed E-state index contributed by atoms with van der Waals surface area (Å²) < 4.78 is 45.4. The minimum absolute atomic E-state index is 0.0205. The Morgan fingerprint density at radius 3 is 2.22 bits per heavy atom. The van der Waals surface area contributed by atoms with Gasteiger partial charge in [-0.3, -0.25) is 0 Å². The molecule has 23 heavy (non-hydrogen) atoms. The van der Waals surface area contributed by atoms with Crippen molar-refractivity contribution in [2.24, 2.45) is 5.92 Å². The minimum Gasteiger partial charge on any atom is -0.489 e. The highest BCUT2D eigenvalue weighted by Gasteiger charge is 2.25. The molecule has 0 aliphatic heterocycles. The quantitative estimate of drug-likeness (QED) is 0.619. The van der Waals surface area contributed by atoms with Gasteiger partial charge in [-0.05, 0) is 35.7 Å². The topological polar surface area (TPSA) is 9.23 Å². The van der Waals surface area contributed by atoms with Crippen LogP contribution in [0.2, 0.25) is 5.02 Å². The number of alkyl halides is 2. The maximum atomic E-state index is 13.7. The predicted octanol–water partition coefficient (Wildman–Crippen LogP) is 6.06. The molecule has 2 rings (SSSR count). The van der Waals surface area contributed by atoms with E-state index in [9.17, 15) is 13.2 Å². The lowest BCUT2D eigenvalue weighted by Gasteiger charge is -2.20. The Morgan fingerprint density at radius 2 is 1.70 bits per heavy atom. The van der Waals surface area contributed by atoms with Crippen LogP contribution in [0, 0.1) is 11.7 Å².